The first-order valence-electron chi connectivity index (χ1n) is 10.1. The number of anilines is 1. The molecule has 1 aliphatic heterocycles. The van der Waals surface area contributed by atoms with Crippen molar-refractivity contribution in [3.8, 4) is 11.5 Å². The molecule has 0 saturated heterocycles. The quantitative estimate of drug-likeness (QED) is 0.567. The Morgan fingerprint density at radius 3 is 2.38 bits per heavy atom. The normalized spacial score (nSPS) is 13.4. The third-order valence-corrected chi connectivity index (χ3v) is 8.17. The first kappa shape index (κ1) is 22.2. The van der Waals surface area contributed by atoms with Gasteiger partial charge in [0.05, 0.1) is 20.6 Å². The van der Waals surface area contributed by atoms with E-state index in [0.717, 1.165) is 34.4 Å². The number of sulfonamides is 1. The van der Waals surface area contributed by atoms with Crippen LogP contribution in [0, 0.1) is 0 Å². The lowest BCUT2D eigenvalue weighted by atomic mass is 9.98. The highest BCUT2D eigenvalue weighted by molar-refractivity contribution is 7.94. The van der Waals surface area contributed by atoms with E-state index in [4.69, 9.17) is 9.47 Å². The SMILES string of the molecule is COc1cc2c(cc1OC)CN(C(=O)Cc1ccc(NS(=O)(=O)c3cccs3)cc1)CC2. The highest BCUT2D eigenvalue weighted by atomic mass is 32.2. The van der Waals surface area contributed by atoms with E-state index in [2.05, 4.69) is 4.72 Å². The number of fused-ring (bicyclic) bond motifs is 1. The molecule has 0 radical (unpaired) electrons. The van der Waals surface area contributed by atoms with Crippen molar-refractivity contribution in [1.29, 1.82) is 0 Å². The van der Waals surface area contributed by atoms with Crippen LogP contribution in [0.1, 0.15) is 16.7 Å². The number of methoxy groups -OCH3 is 2. The van der Waals surface area contributed by atoms with Gasteiger partial charge in [-0.05, 0) is 58.8 Å². The summed E-state index contributed by atoms with van der Waals surface area (Å²) in [5.74, 6) is 1.37. The monoisotopic (exact) mass is 472 g/mol. The summed E-state index contributed by atoms with van der Waals surface area (Å²) >= 11 is 1.16. The Bertz CT molecular complexity index is 1210. The Balaban J connectivity index is 1.40. The second-order valence-corrected chi connectivity index (χ2v) is 10.3. The molecule has 1 aliphatic rings. The van der Waals surface area contributed by atoms with Crippen LogP contribution < -0.4 is 14.2 Å². The Morgan fingerprint density at radius 2 is 1.75 bits per heavy atom. The first-order chi connectivity index (χ1) is 15.4. The van der Waals surface area contributed by atoms with Gasteiger partial charge in [-0.2, -0.15) is 0 Å². The van der Waals surface area contributed by atoms with Crippen molar-refractivity contribution in [3.05, 3.63) is 70.6 Å². The van der Waals surface area contributed by atoms with E-state index in [1.807, 2.05) is 17.0 Å². The fourth-order valence-corrected chi connectivity index (χ4v) is 5.75. The van der Waals surface area contributed by atoms with E-state index in [1.54, 1.807) is 56.0 Å². The van der Waals surface area contributed by atoms with Crippen LogP contribution >= 0.6 is 11.3 Å². The molecule has 0 spiro atoms. The molecule has 0 atom stereocenters. The fourth-order valence-electron chi connectivity index (χ4n) is 3.69. The van der Waals surface area contributed by atoms with E-state index in [0.29, 0.717) is 30.3 Å². The lowest BCUT2D eigenvalue weighted by Gasteiger charge is -2.29. The van der Waals surface area contributed by atoms with E-state index in [9.17, 15) is 13.2 Å². The van der Waals surface area contributed by atoms with Gasteiger partial charge in [0.15, 0.2) is 11.5 Å². The van der Waals surface area contributed by atoms with Gasteiger partial charge in [-0.15, -0.1) is 11.3 Å². The standard InChI is InChI=1S/C23H24N2O5S2/c1-29-20-13-17-9-10-25(15-18(17)14-21(20)30-2)22(26)12-16-5-7-19(8-6-16)24-32(27,28)23-4-3-11-31-23/h3-8,11,13-14,24H,9-10,12,15H2,1-2H3. The molecule has 2 heterocycles. The average molecular weight is 473 g/mol. The van der Waals surface area contributed by atoms with Crippen molar-refractivity contribution in [2.75, 3.05) is 25.5 Å². The van der Waals surface area contributed by atoms with Crippen molar-refractivity contribution in [2.45, 2.75) is 23.6 Å². The Kier molecular flexibility index (Phi) is 6.38. The number of nitrogens with one attached hydrogen (secondary N) is 1. The molecule has 168 valence electrons. The third-order valence-electron chi connectivity index (χ3n) is 5.39. The predicted molar refractivity (Wildman–Crippen MR) is 124 cm³/mol. The van der Waals surface area contributed by atoms with Crippen molar-refractivity contribution in [3.63, 3.8) is 0 Å². The molecule has 3 aromatic rings. The van der Waals surface area contributed by atoms with Gasteiger partial charge < -0.3 is 14.4 Å². The lowest BCUT2D eigenvalue weighted by Crippen LogP contribution is -2.36. The summed E-state index contributed by atoms with van der Waals surface area (Å²) < 4.78 is 38.3. The number of thiophene rings is 1. The zero-order valence-electron chi connectivity index (χ0n) is 17.8. The maximum absolute atomic E-state index is 12.9. The second kappa shape index (κ2) is 9.22. The van der Waals surface area contributed by atoms with E-state index in [1.165, 1.54) is 0 Å². The summed E-state index contributed by atoms with van der Waals surface area (Å²) in [5, 5.41) is 1.72. The molecule has 0 unspecified atom stereocenters. The highest BCUT2D eigenvalue weighted by Gasteiger charge is 2.23. The summed E-state index contributed by atoms with van der Waals surface area (Å²) in [4.78, 5) is 14.7. The molecule has 0 fully saturated rings. The van der Waals surface area contributed by atoms with E-state index >= 15 is 0 Å². The largest absolute Gasteiger partial charge is 0.493 e. The minimum Gasteiger partial charge on any atom is -0.493 e. The molecule has 7 nitrogen and oxygen atoms in total. The average Bonchev–Trinajstić information content (AvgIpc) is 3.35. The Labute approximate surface area is 191 Å². The van der Waals surface area contributed by atoms with Gasteiger partial charge in [-0.3, -0.25) is 9.52 Å². The van der Waals surface area contributed by atoms with Gasteiger partial charge in [0.2, 0.25) is 5.91 Å². The number of amides is 1. The summed E-state index contributed by atoms with van der Waals surface area (Å²) in [6, 6.07) is 14.1. The van der Waals surface area contributed by atoms with Gasteiger partial charge >= 0.3 is 0 Å². The van der Waals surface area contributed by atoms with Crippen LogP contribution in [0.5, 0.6) is 11.5 Å². The number of hydrogen-bond acceptors (Lipinski definition) is 6. The molecule has 2 aromatic carbocycles. The minimum absolute atomic E-state index is 0.0253. The lowest BCUT2D eigenvalue weighted by molar-refractivity contribution is -0.131. The number of ether oxygens (including phenoxy) is 2. The van der Waals surface area contributed by atoms with Gasteiger partial charge in [0, 0.05) is 18.8 Å². The molecule has 0 bridgehead atoms. The zero-order valence-corrected chi connectivity index (χ0v) is 19.5. The van der Waals surface area contributed by atoms with Crippen LogP contribution in [0.4, 0.5) is 5.69 Å². The van der Waals surface area contributed by atoms with Crippen molar-refractivity contribution in [1.82, 2.24) is 4.90 Å². The maximum atomic E-state index is 12.9. The van der Waals surface area contributed by atoms with Crippen LogP contribution in [0.2, 0.25) is 0 Å². The van der Waals surface area contributed by atoms with Crippen LogP contribution in [-0.2, 0) is 34.2 Å². The van der Waals surface area contributed by atoms with E-state index in [-0.39, 0.29) is 16.5 Å². The number of carbonyl (C=O) groups is 1. The highest BCUT2D eigenvalue weighted by Crippen LogP contribution is 2.33. The molecular weight excluding hydrogens is 448 g/mol. The number of nitrogens with zero attached hydrogens (tertiary/aromatic N) is 1. The van der Waals surface area contributed by atoms with Crippen LogP contribution in [0.25, 0.3) is 0 Å². The number of carbonyl (C=O) groups excluding carboxylic acids is 1. The summed E-state index contributed by atoms with van der Waals surface area (Å²) in [6.07, 6.45) is 1.01. The van der Waals surface area contributed by atoms with Gasteiger partial charge in [-0.25, -0.2) is 8.42 Å². The van der Waals surface area contributed by atoms with Crippen molar-refractivity contribution >= 4 is 33.0 Å². The molecule has 32 heavy (non-hydrogen) atoms. The Morgan fingerprint density at radius 1 is 1.06 bits per heavy atom. The van der Waals surface area contributed by atoms with E-state index < -0.39 is 10.0 Å². The topological polar surface area (TPSA) is 84.9 Å². The van der Waals surface area contributed by atoms with Crippen LogP contribution in [0.3, 0.4) is 0 Å². The van der Waals surface area contributed by atoms with Gasteiger partial charge in [0.25, 0.3) is 10.0 Å². The third kappa shape index (κ3) is 4.73. The van der Waals surface area contributed by atoms with Gasteiger partial charge in [0.1, 0.15) is 4.21 Å². The smallest absolute Gasteiger partial charge is 0.271 e. The number of hydrogen-bond donors (Lipinski definition) is 1. The minimum atomic E-state index is -3.59. The van der Waals surface area contributed by atoms with Gasteiger partial charge in [-0.1, -0.05) is 18.2 Å². The fraction of sp³-hybridized carbons (Fsp3) is 0.261. The van der Waals surface area contributed by atoms with Crippen molar-refractivity contribution in [2.24, 2.45) is 0 Å². The zero-order chi connectivity index (χ0) is 22.7. The first-order valence-corrected chi connectivity index (χ1v) is 12.4. The summed E-state index contributed by atoms with van der Waals surface area (Å²) in [5.41, 5.74) is 3.50. The molecule has 0 aliphatic carbocycles. The number of rotatable bonds is 7. The molecule has 1 aromatic heterocycles. The predicted octanol–water partition coefficient (Wildman–Crippen LogP) is 3.69. The maximum Gasteiger partial charge on any atom is 0.271 e. The molecule has 1 N–H and O–H groups in total. The molecule has 1 amide bonds. The summed E-state index contributed by atoms with van der Waals surface area (Å²) in [7, 11) is -0.378. The van der Waals surface area contributed by atoms with Crippen LogP contribution in [-0.4, -0.2) is 40.0 Å². The molecule has 0 saturated carbocycles. The molecule has 9 heteroatoms. The second-order valence-electron chi connectivity index (χ2n) is 7.45. The van der Waals surface area contributed by atoms with Crippen LogP contribution in [0.15, 0.2) is 58.1 Å². The Hall–Kier alpha value is -3.04. The summed E-state index contributed by atoms with van der Waals surface area (Å²) in [6.45, 7) is 1.16. The number of benzene rings is 2. The van der Waals surface area contributed by atoms with Crippen molar-refractivity contribution < 1.29 is 22.7 Å². The molecular formula is C23H24N2O5S2. The molecule has 4 rings (SSSR count).